The monoisotopic (exact) mass is 257 g/mol. The van der Waals surface area contributed by atoms with Crippen molar-refractivity contribution >= 4 is 22.5 Å². The molecule has 2 aromatic rings. The van der Waals surface area contributed by atoms with Crippen molar-refractivity contribution in [1.29, 1.82) is 0 Å². The lowest BCUT2D eigenvalue weighted by Crippen LogP contribution is -2.12. The van der Waals surface area contributed by atoms with Crippen LogP contribution < -0.4 is 16.0 Å². The number of aromatic nitrogens is 1. The molecule has 2 N–H and O–H groups in total. The van der Waals surface area contributed by atoms with Gasteiger partial charge < -0.3 is 15.4 Å². The van der Waals surface area contributed by atoms with Crippen molar-refractivity contribution < 1.29 is 9.90 Å². The van der Waals surface area contributed by atoms with Gasteiger partial charge in [-0.05, 0) is 30.7 Å². The average Bonchev–Trinajstić information content (AvgIpc) is 2.26. The molecule has 0 spiro atoms. The maximum absolute atomic E-state index is 11.4. The van der Waals surface area contributed by atoms with Crippen molar-refractivity contribution in [2.45, 2.75) is 13.8 Å². The Kier molecular flexibility index (Phi) is 3.37. The van der Waals surface area contributed by atoms with Gasteiger partial charge in [0, 0.05) is 17.1 Å². The maximum Gasteiger partial charge on any atom is 0.248 e. The molecular weight excluding hydrogens is 244 g/mol. The summed E-state index contributed by atoms with van der Waals surface area (Å²) < 4.78 is 0. The first-order chi connectivity index (χ1) is 8.95. The lowest BCUT2D eigenvalue weighted by molar-refractivity contribution is -0.301. The summed E-state index contributed by atoms with van der Waals surface area (Å²) in [5.74, 6) is -0.801. The van der Waals surface area contributed by atoms with Crippen LogP contribution in [0.4, 0.5) is 5.69 Å². The second-order valence-corrected chi connectivity index (χ2v) is 4.32. The Morgan fingerprint density at radius 1 is 1.37 bits per heavy atom. The SMILES string of the molecule is C/C([O-])=C/C(=O)Nc1ccc2c(C)cc(=O)[nH]c2c1. The van der Waals surface area contributed by atoms with Crippen LogP contribution in [0.2, 0.25) is 0 Å². The van der Waals surface area contributed by atoms with Crippen LogP contribution in [0.3, 0.4) is 0 Å². The van der Waals surface area contributed by atoms with E-state index in [1.165, 1.54) is 13.0 Å². The Morgan fingerprint density at radius 3 is 2.79 bits per heavy atom. The van der Waals surface area contributed by atoms with Crippen molar-refractivity contribution in [3.05, 3.63) is 52.0 Å². The molecule has 0 bridgehead atoms. The number of fused-ring (bicyclic) bond motifs is 1. The molecule has 0 fully saturated rings. The normalized spacial score (nSPS) is 11.6. The Bertz CT molecular complexity index is 725. The van der Waals surface area contributed by atoms with Crippen molar-refractivity contribution in [1.82, 2.24) is 4.98 Å². The van der Waals surface area contributed by atoms with Crippen LogP contribution in [0, 0.1) is 6.92 Å². The van der Waals surface area contributed by atoms with Gasteiger partial charge in [0.25, 0.3) is 0 Å². The number of aromatic amines is 1. The van der Waals surface area contributed by atoms with E-state index in [0.29, 0.717) is 11.2 Å². The Hall–Kier alpha value is -2.56. The van der Waals surface area contributed by atoms with E-state index < -0.39 is 5.91 Å². The molecular formula is C14H13N2O3-. The van der Waals surface area contributed by atoms with E-state index in [1.54, 1.807) is 12.1 Å². The van der Waals surface area contributed by atoms with Crippen LogP contribution in [0.1, 0.15) is 12.5 Å². The maximum atomic E-state index is 11.4. The fraction of sp³-hybridized carbons (Fsp3) is 0.143. The minimum absolute atomic E-state index is 0.191. The number of H-pyrrole nitrogens is 1. The number of hydrogen-bond donors (Lipinski definition) is 2. The van der Waals surface area contributed by atoms with E-state index >= 15 is 0 Å². The lowest BCUT2D eigenvalue weighted by atomic mass is 10.1. The molecule has 5 nitrogen and oxygen atoms in total. The van der Waals surface area contributed by atoms with Crippen LogP contribution in [-0.4, -0.2) is 10.9 Å². The highest BCUT2D eigenvalue weighted by atomic mass is 16.3. The van der Waals surface area contributed by atoms with Crippen molar-refractivity contribution in [3.63, 3.8) is 0 Å². The Labute approximate surface area is 109 Å². The molecule has 0 saturated heterocycles. The van der Waals surface area contributed by atoms with Crippen molar-refractivity contribution in [2.24, 2.45) is 0 Å². The van der Waals surface area contributed by atoms with Gasteiger partial charge >= 0.3 is 0 Å². The van der Waals surface area contributed by atoms with Crippen LogP contribution in [-0.2, 0) is 4.79 Å². The van der Waals surface area contributed by atoms with E-state index in [1.807, 2.05) is 13.0 Å². The zero-order valence-electron chi connectivity index (χ0n) is 10.6. The number of allylic oxidation sites excluding steroid dienone is 1. The number of amides is 1. The highest BCUT2D eigenvalue weighted by Gasteiger charge is 2.03. The molecule has 0 aliphatic carbocycles. The molecule has 0 atom stereocenters. The van der Waals surface area contributed by atoms with Gasteiger partial charge in [-0.1, -0.05) is 13.0 Å². The van der Waals surface area contributed by atoms with E-state index in [9.17, 15) is 14.7 Å². The van der Waals surface area contributed by atoms with Gasteiger partial charge in [-0.3, -0.25) is 9.59 Å². The number of nitrogens with one attached hydrogen (secondary N) is 2. The Morgan fingerprint density at radius 2 is 2.11 bits per heavy atom. The van der Waals surface area contributed by atoms with Gasteiger partial charge in [-0.25, -0.2) is 0 Å². The predicted octanol–water partition coefficient (Wildman–Crippen LogP) is 1.04. The molecule has 0 aliphatic heterocycles. The van der Waals surface area contributed by atoms with Gasteiger partial charge in [-0.15, -0.1) is 5.76 Å². The van der Waals surface area contributed by atoms with Crippen LogP contribution in [0.5, 0.6) is 0 Å². The van der Waals surface area contributed by atoms with E-state index in [4.69, 9.17) is 0 Å². The third-order valence-electron chi connectivity index (χ3n) is 2.65. The standard InChI is InChI=1S/C14H14N2O3/c1-8-5-13(18)16-12-7-10(3-4-11(8)12)15-14(19)6-9(2)17/h3-7,17H,1-2H3,(H,15,19)(H,16,18)/p-1/b9-6-. The summed E-state index contributed by atoms with van der Waals surface area (Å²) in [5, 5.41) is 14.3. The molecule has 0 saturated carbocycles. The first-order valence-corrected chi connectivity index (χ1v) is 5.76. The summed E-state index contributed by atoms with van der Waals surface area (Å²) in [7, 11) is 0. The highest BCUT2D eigenvalue weighted by molar-refractivity contribution is 6.00. The second-order valence-electron chi connectivity index (χ2n) is 4.32. The van der Waals surface area contributed by atoms with Crippen LogP contribution >= 0.6 is 0 Å². The van der Waals surface area contributed by atoms with Gasteiger partial charge in [0.05, 0.1) is 5.52 Å². The number of rotatable bonds is 2. The zero-order valence-corrected chi connectivity index (χ0v) is 10.6. The van der Waals surface area contributed by atoms with Crippen LogP contribution in [0.15, 0.2) is 40.9 Å². The van der Waals surface area contributed by atoms with Gasteiger partial charge in [0.2, 0.25) is 11.5 Å². The van der Waals surface area contributed by atoms with E-state index in [0.717, 1.165) is 17.0 Å². The number of pyridine rings is 1. The molecule has 98 valence electrons. The molecule has 0 unspecified atom stereocenters. The third kappa shape index (κ3) is 3.01. The molecule has 1 aromatic heterocycles. The second kappa shape index (κ2) is 4.97. The quantitative estimate of drug-likeness (QED) is 0.622. The summed E-state index contributed by atoms with van der Waals surface area (Å²) in [6.07, 6.45) is 0.975. The molecule has 19 heavy (non-hydrogen) atoms. The van der Waals surface area contributed by atoms with Crippen LogP contribution in [0.25, 0.3) is 10.9 Å². The average molecular weight is 257 g/mol. The molecule has 1 heterocycles. The van der Waals surface area contributed by atoms with E-state index in [-0.39, 0.29) is 11.3 Å². The number of benzene rings is 1. The van der Waals surface area contributed by atoms with E-state index in [2.05, 4.69) is 10.3 Å². The zero-order chi connectivity index (χ0) is 14.0. The highest BCUT2D eigenvalue weighted by Crippen LogP contribution is 2.19. The number of hydrogen-bond acceptors (Lipinski definition) is 3. The first-order valence-electron chi connectivity index (χ1n) is 5.76. The minimum atomic E-state index is -0.484. The molecule has 5 heteroatoms. The molecule has 1 amide bonds. The fourth-order valence-electron chi connectivity index (χ4n) is 1.88. The lowest BCUT2D eigenvalue weighted by Gasteiger charge is -2.07. The minimum Gasteiger partial charge on any atom is -0.875 e. The summed E-state index contributed by atoms with van der Waals surface area (Å²) in [4.78, 5) is 25.5. The molecule has 2 rings (SSSR count). The topological polar surface area (TPSA) is 85.0 Å². The number of anilines is 1. The molecule has 1 aromatic carbocycles. The summed E-state index contributed by atoms with van der Waals surface area (Å²) >= 11 is 0. The summed E-state index contributed by atoms with van der Waals surface area (Å²) in [6, 6.07) is 6.71. The van der Waals surface area contributed by atoms with Gasteiger partial charge in [0.15, 0.2) is 0 Å². The molecule has 0 aliphatic rings. The van der Waals surface area contributed by atoms with Crippen molar-refractivity contribution in [3.8, 4) is 0 Å². The number of carbonyl (C=O) groups excluding carboxylic acids is 1. The smallest absolute Gasteiger partial charge is 0.248 e. The van der Waals surface area contributed by atoms with Gasteiger partial charge in [0.1, 0.15) is 0 Å². The summed E-state index contributed by atoms with van der Waals surface area (Å²) in [6.45, 7) is 3.15. The predicted molar refractivity (Wildman–Crippen MR) is 71.7 cm³/mol. The first kappa shape index (κ1) is 12.9. The largest absolute Gasteiger partial charge is 0.875 e. The third-order valence-corrected chi connectivity index (χ3v) is 2.65. The van der Waals surface area contributed by atoms with Gasteiger partial charge in [-0.2, -0.15) is 0 Å². The molecule has 0 radical (unpaired) electrons. The number of aryl methyl sites for hydroxylation is 1. The summed E-state index contributed by atoms with van der Waals surface area (Å²) in [5.41, 5.74) is 1.84. The number of carbonyl (C=O) groups is 1. The Balaban J connectivity index is 2.39. The van der Waals surface area contributed by atoms with Crippen molar-refractivity contribution in [2.75, 3.05) is 5.32 Å². The fourth-order valence-corrected chi connectivity index (χ4v) is 1.88.